The van der Waals surface area contributed by atoms with E-state index in [1.54, 1.807) is 7.11 Å². The van der Waals surface area contributed by atoms with Gasteiger partial charge in [0.15, 0.2) is 0 Å². The van der Waals surface area contributed by atoms with Gasteiger partial charge in [-0.25, -0.2) is 0 Å². The first kappa shape index (κ1) is 15.7. The first-order valence-corrected chi connectivity index (χ1v) is 1.61. The standard InChI is InChI=1S/C3H7O.C2H3.Y/c1-3-4-2;1-2;/h1,3H2,2H3;1H,2H2;/q2*-1;. The maximum Gasteiger partial charge on any atom is 0.0319 e. The molecule has 0 spiro atoms. The van der Waals surface area contributed by atoms with Crippen molar-refractivity contribution in [3.05, 3.63) is 20.1 Å². The van der Waals surface area contributed by atoms with Crippen LogP contribution in [0.5, 0.6) is 0 Å². The van der Waals surface area contributed by atoms with Gasteiger partial charge in [-0.2, -0.15) is 0 Å². The molecule has 0 saturated heterocycles. The number of ether oxygens (including phenoxy) is 1. The predicted octanol–water partition coefficient (Wildman–Crippen LogP) is 1.07. The molecule has 0 aliphatic carbocycles. The molecule has 0 aliphatic heterocycles. The minimum Gasteiger partial charge on any atom is -0.521 e. The van der Waals surface area contributed by atoms with E-state index < -0.39 is 0 Å². The minimum absolute atomic E-state index is 0. The molecule has 0 saturated carbocycles. The molecule has 0 bridgehead atoms. The van der Waals surface area contributed by atoms with Gasteiger partial charge in [-0.1, -0.05) is 6.61 Å². The minimum atomic E-state index is 0. The van der Waals surface area contributed by atoms with Crippen LogP contribution in [0.1, 0.15) is 0 Å². The molecule has 0 unspecified atom stereocenters. The van der Waals surface area contributed by atoms with E-state index in [-0.39, 0.29) is 32.7 Å². The van der Waals surface area contributed by atoms with E-state index in [0.717, 1.165) is 0 Å². The third-order valence-corrected chi connectivity index (χ3v) is 0.204. The van der Waals surface area contributed by atoms with Gasteiger partial charge in [0.05, 0.1) is 0 Å². The van der Waals surface area contributed by atoms with Crippen molar-refractivity contribution in [3.63, 3.8) is 0 Å². The summed E-state index contributed by atoms with van der Waals surface area (Å²) in [5, 5.41) is 0. The normalized spacial score (nSPS) is 4.86. The summed E-state index contributed by atoms with van der Waals surface area (Å²) < 4.78 is 4.43. The fourth-order valence-corrected chi connectivity index (χ4v) is 0. The molecule has 0 rings (SSSR count). The summed E-state index contributed by atoms with van der Waals surface area (Å²) in [4.78, 5) is 0. The smallest absolute Gasteiger partial charge is 0.0319 e. The molecule has 0 aromatic heterocycles. The van der Waals surface area contributed by atoms with Crippen LogP contribution in [-0.2, 0) is 37.4 Å². The molecular weight excluding hydrogens is 165 g/mol. The van der Waals surface area contributed by atoms with E-state index in [0.29, 0.717) is 6.61 Å². The summed E-state index contributed by atoms with van der Waals surface area (Å²) in [5.74, 6) is 0. The van der Waals surface area contributed by atoms with Gasteiger partial charge in [0, 0.05) is 39.8 Å². The van der Waals surface area contributed by atoms with Crippen molar-refractivity contribution >= 4 is 0 Å². The van der Waals surface area contributed by atoms with E-state index in [1.807, 2.05) is 0 Å². The van der Waals surface area contributed by atoms with Crippen molar-refractivity contribution in [2.45, 2.75) is 0 Å². The Labute approximate surface area is 71.0 Å². The van der Waals surface area contributed by atoms with Gasteiger partial charge in [-0.05, 0) is 0 Å². The fourth-order valence-electron chi connectivity index (χ4n) is 0. The fraction of sp³-hybridized carbons (Fsp3) is 0.400. The second kappa shape index (κ2) is 29.2. The summed E-state index contributed by atoms with van der Waals surface area (Å²) in [6.07, 6.45) is 0. The monoisotopic (exact) mass is 175 g/mol. The van der Waals surface area contributed by atoms with Crippen LogP contribution in [0.3, 0.4) is 0 Å². The molecule has 2 heteroatoms. The molecule has 0 fully saturated rings. The summed E-state index contributed by atoms with van der Waals surface area (Å²) in [7, 11) is 1.62. The number of hydrogen-bond donors (Lipinski definition) is 0. The van der Waals surface area contributed by atoms with E-state index >= 15 is 0 Å². The Morgan fingerprint density at radius 1 is 1.71 bits per heavy atom. The second-order valence-corrected chi connectivity index (χ2v) is 0.493. The zero-order chi connectivity index (χ0) is 5.41. The molecule has 1 nitrogen and oxygen atoms in total. The Morgan fingerprint density at radius 3 is 1.86 bits per heavy atom. The average molecular weight is 175 g/mol. The Bertz CT molecular complexity index is 15.6. The summed E-state index contributed by atoms with van der Waals surface area (Å²) in [6.45, 7) is 11.0. The van der Waals surface area contributed by atoms with Crippen LogP contribution in [-0.4, -0.2) is 13.7 Å². The molecule has 7 heavy (non-hydrogen) atoms. The van der Waals surface area contributed by atoms with Gasteiger partial charge < -0.3 is 18.2 Å². The maximum atomic E-state index is 4.43. The maximum absolute atomic E-state index is 4.43. The van der Waals surface area contributed by atoms with Gasteiger partial charge in [0.2, 0.25) is 0 Å². The number of methoxy groups -OCH3 is 1. The first-order valence-electron chi connectivity index (χ1n) is 1.61. The zero-order valence-electron chi connectivity index (χ0n) is 4.68. The van der Waals surface area contributed by atoms with Crippen molar-refractivity contribution in [1.29, 1.82) is 0 Å². The van der Waals surface area contributed by atoms with Crippen molar-refractivity contribution in [2.24, 2.45) is 0 Å². The molecule has 0 aliphatic rings. The van der Waals surface area contributed by atoms with Gasteiger partial charge in [-0.3, -0.25) is 6.58 Å². The Hall–Kier alpha value is 0.804. The molecule has 0 aromatic carbocycles. The number of rotatable bonds is 1. The molecule has 0 aromatic rings. The van der Waals surface area contributed by atoms with Crippen LogP contribution >= 0.6 is 0 Å². The zero-order valence-corrected chi connectivity index (χ0v) is 7.52. The van der Waals surface area contributed by atoms with Gasteiger partial charge in [0.25, 0.3) is 0 Å². The largest absolute Gasteiger partial charge is 0.521 e. The SMILES string of the molecule is [CH-]=C.[CH2-]COC.[Y]. The van der Waals surface area contributed by atoms with Crippen molar-refractivity contribution in [1.82, 2.24) is 0 Å². The van der Waals surface area contributed by atoms with E-state index in [1.165, 1.54) is 0 Å². The van der Waals surface area contributed by atoms with E-state index in [4.69, 9.17) is 0 Å². The predicted molar refractivity (Wildman–Crippen MR) is 27.2 cm³/mol. The molecule has 41 valence electrons. The van der Waals surface area contributed by atoms with E-state index in [2.05, 4.69) is 24.8 Å². The van der Waals surface area contributed by atoms with Crippen LogP contribution < -0.4 is 0 Å². The van der Waals surface area contributed by atoms with Crippen LogP contribution in [0.15, 0.2) is 6.58 Å². The molecule has 0 atom stereocenters. The van der Waals surface area contributed by atoms with Gasteiger partial charge in [0.1, 0.15) is 0 Å². The molecule has 0 heterocycles. The van der Waals surface area contributed by atoms with Gasteiger partial charge >= 0.3 is 0 Å². The topological polar surface area (TPSA) is 9.23 Å². The third-order valence-electron chi connectivity index (χ3n) is 0.204. The van der Waals surface area contributed by atoms with Crippen molar-refractivity contribution < 1.29 is 37.4 Å². The van der Waals surface area contributed by atoms with Crippen LogP contribution in [0.4, 0.5) is 0 Å². The molecule has 1 radical (unpaired) electrons. The quantitative estimate of drug-likeness (QED) is 0.541. The summed E-state index contributed by atoms with van der Waals surface area (Å²) in [6, 6.07) is 0. The second-order valence-electron chi connectivity index (χ2n) is 0.493. The Morgan fingerprint density at radius 2 is 1.86 bits per heavy atom. The van der Waals surface area contributed by atoms with E-state index in [9.17, 15) is 0 Å². The first-order chi connectivity index (χ1) is 2.91. The van der Waals surface area contributed by atoms with Crippen LogP contribution in [0, 0.1) is 13.5 Å². The third kappa shape index (κ3) is 48.3. The average Bonchev–Trinajstić information content (AvgIpc) is 1.72. The van der Waals surface area contributed by atoms with Crippen LogP contribution in [0.2, 0.25) is 0 Å². The summed E-state index contributed by atoms with van der Waals surface area (Å²) in [5.41, 5.74) is 0. The number of hydrogen-bond acceptors (Lipinski definition) is 1. The van der Waals surface area contributed by atoms with Crippen molar-refractivity contribution in [2.75, 3.05) is 13.7 Å². The van der Waals surface area contributed by atoms with Crippen molar-refractivity contribution in [3.8, 4) is 0 Å². The Kier molecular flexibility index (Phi) is 65.2. The molecular formula is C5H10OY-2. The molecule has 0 N–H and O–H groups in total. The molecule has 0 amide bonds. The Balaban J connectivity index is -0.0000000480. The van der Waals surface area contributed by atoms with Crippen LogP contribution in [0.25, 0.3) is 0 Å². The summed E-state index contributed by atoms with van der Waals surface area (Å²) >= 11 is 0. The van der Waals surface area contributed by atoms with Gasteiger partial charge in [-0.15, -0.1) is 0 Å².